The summed E-state index contributed by atoms with van der Waals surface area (Å²) in [7, 11) is -1.83. The number of aromatic nitrogens is 3. The summed E-state index contributed by atoms with van der Waals surface area (Å²) < 4.78 is 32.4. The number of rotatable bonds is 7. The van der Waals surface area contributed by atoms with E-state index in [1.54, 1.807) is 38.5 Å². The Kier molecular flexibility index (Phi) is 5.41. The van der Waals surface area contributed by atoms with Gasteiger partial charge in [-0.05, 0) is 50.1 Å². The fraction of sp³-hybridized carbons (Fsp3) is 0.278. The second kappa shape index (κ2) is 7.75. The van der Waals surface area contributed by atoms with Crippen LogP contribution < -0.4 is 9.62 Å². The number of hydrogen-bond acceptors (Lipinski definition) is 7. The van der Waals surface area contributed by atoms with E-state index in [1.807, 2.05) is 25.2 Å². The van der Waals surface area contributed by atoms with E-state index in [9.17, 15) is 8.42 Å². The summed E-state index contributed by atoms with van der Waals surface area (Å²) in [5.41, 5.74) is 2.41. The van der Waals surface area contributed by atoms with Crippen molar-refractivity contribution in [3.8, 4) is 0 Å². The zero-order chi connectivity index (χ0) is 19.4. The number of nitrogens with one attached hydrogen (secondary N) is 1. The van der Waals surface area contributed by atoms with Crippen molar-refractivity contribution < 1.29 is 12.9 Å². The molecule has 0 aliphatic heterocycles. The molecule has 0 radical (unpaired) electrons. The molecule has 0 amide bonds. The Bertz CT molecular complexity index is 982. The van der Waals surface area contributed by atoms with E-state index in [1.165, 1.54) is 5.56 Å². The number of anilines is 2. The first-order chi connectivity index (χ1) is 12.9. The van der Waals surface area contributed by atoms with Crippen LogP contribution in [0.5, 0.6) is 0 Å². The van der Waals surface area contributed by atoms with Crippen molar-refractivity contribution in [1.82, 2.24) is 15.1 Å². The molecule has 0 aliphatic carbocycles. The van der Waals surface area contributed by atoms with E-state index in [-0.39, 0.29) is 16.5 Å². The highest BCUT2D eigenvalue weighted by atomic mass is 32.2. The summed E-state index contributed by atoms with van der Waals surface area (Å²) in [6, 6.07) is 7.43. The van der Waals surface area contributed by atoms with Crippen molar-refractivity contribution in [3.63, 3.8) is 0 Å². The van der Waals surface area contributed by atoms with E-state index in [0.29, 0.717) is 5.69 Å². The molecule has 0 unspecified atom stereocenters. The van der Waals surface area contributed by atoms with Gasteiger partial charge in [0.2, 0.25) is 0 Å². The Hall–Kier alpha value is -2.94. The molecule has 1 N–H and O–H groups in total. The van der Waals surface area contributed by atoms with Crippen LogP contribution in [0, 0.1) is 13.8 Å². The monoisotopic (exact) mass is 387 g/mol. The maximum Gasteiger partial charge on any atom is 0.268 e. The molecule has 0 atom stereocenters. The van der Waals surface area contributed by atoms with E-state index in [0.717, 1.165) is 18.7 Å². The van der Waals surface area contributed by atoms with Gasteiger partial charge in [0.1, 0.15) is 11.5 Å². The van der Waals surface area contributed by atoms with Crippen LogP contribution in [0.4, 0.5) is 11.5 Å². The molecule has 27 heavy (non-hydrogen) atoms. The molecule has 3 heterocycles. The minimum atomic E-state index is -3.80. The van der Waals surface area contributed by atoms with E-state index in [4.69, 9.17) is 4.52 Å². The number of sulfonamides is 1. The Labute approximate surface area is 158 Å². The average Bonchev–Trinajstić information content (AvgIpc) is 3.00. The second-order valence-electron chi connectivity index (χ2n) is 6.19. The maximum atomic E-state index is 12.5. The molecule has 8 nitrogen and oxygen atoms in total. The smallest absolute Gasteiger partial charge is 0.268 e. The molecule has 0 fully saturated rings. The van der Waals surface area contributed by atoms with Crippen molar-refractivity contribution in [1.29, 1.82) is 0 Å². The molecule has 0 aliphatic rings. The Balaban J connectivity index is 1.66. The van der Waals surface area contributed by atoms with Gasteiger partial charge in [0, 0.05) is 26.0 Å². The van der Waals surface area contributed by atoms with Gasteiger partial charge in [-0.2, -0.15) is 0 Å². The highest BCUT2D eigenvalue weighted by molar-refractivity contribution is 7.92. The minimum Gasteiger partial charge on any atom is -0.373 e. The fourth-order valence-corrected chi connectivity index (χ4v) is 4.03. The Morgan fingerprint density at radius 3 is 2.48 bits per heavy atom. The molecular weight excluding hydrogens is 366 g/mol. The van der Waals surface area contributed by atoms with Gasteiger partial charge in [0.15, 0.2) is 10.7 Å². The van der Waals surface area contributed by atoms with Crippen LogP contribution in [0.15, 0.2) is 52.3 Å². The van der Waals surface area contributed by atoms with Crippen LogP contribution in [0.25, 0.3) is 0 Å². The first-order valence-electron chi connectivity index (χ1n) is 8.38. The third-order valence-corrected chi connectivity index (χ3v) is 5.75. The van der Waals surface area contributed by atoms with E-state index < -0.39 is 10.0 Å². The van der Waals surface area contributed by atoms with Gasteiger partial charge in [0.05, 0.1) is 11.9 Å². The standard InChI is InChI=1S/C18H21N5O3S/c1-13-18(14(2)26-21-13)27(24,25)22-17-5-4-16(12-20-17)23(3)11-8-15-6-9-19-10-7-15/h4-7,9-10,12H,8,11H2,1-3H3,(H,20,22). The van der Waals surface area contributed by atoms with Gasteiger partial charge in [0.25, 0.3) is 10.0 Å². The lowest BCUT2D eigenvalue weighted by atomic mass is 10.2. The van der Waals surface area contributed by atoms with Crippen LogP contribution in [-0.4, -0.2) is 37.1 Å². The number of likely N-dealkylation sites (N-methyl/N-ethyl adjacent to an activating group) is 1. The summed E-state index contributed by atoms with van der Waals surface area (Å²) in [6.07, 6.45) is 6.06. The molecule has 0 bridgehead atoms. The number of aryl methyl sites for hydroxylation is 2. The van der Waals surface area contributed by atoms with Crippen molar-refractivity contribution in [3.05, 3.63) is 59.9 Å². The van der Waals surface area contributed by atoms with Crippen molar-refractivity contribution >= 4 is 21.5 Å². The number of hydrogen-bond donors (Lipinski definition) is 1. The highest BCUT2D eigenvalue weighted by Crippen LogP contribution is 2.22. The summed E-state index contributed by atoms with van der Waals surface area (Å²) >= 11 is 0. The maximum absolute atomic E-state index is 12.5. The molecule has 9 heteroatoms. The number of pyridine rings is 2. The number of nitrogens with zero attached hydrogens (tertiary/aromatic N) is 4. The summed E-state index contributed by atoms with van der Waals surface area (Å²) in [5, 5.41) is 3.68. The van der Waals surface area contributed by atoms with Gasteiger partial charge >= 0.3 is 0 Å². The van der Waals surface area contributed by atoms with E-state index in [2.05, 4.69) is 24.7 Å². The van der Waals surface area contributed by atoms with Crippen molar-refractivity contribution in [2.24, 2.45) is 0 Å². The summed E-state index contributed by atoms with van der Waals surface area (Å²) in [6.45, 7) is 3.94. The van der Waals surface area contributed by atoms with Crippen LogP contribution in [0.1, 0.15) is 17.0 Å². The summed E-state index contributed by atoms with van der Waals surface area (Å²) in [5.74, 6) is 0.480. The minimum absolute atomic E-state index is 0.0443. The van der Waals surface area contributed by atoms with Gasteiger partial charge in [-0.25, -0.2) is 13.4 Å². The first-order valence-corrected chi connectivity index (χ1v) is 9.87. The van der Waals surface area contributed by atoms with Gasteiger partial charge in [-0.15, -0.1) is 0 Å². The van der Waals surface area contributed by atoms with Gasteiger partial charge in [-0.1, -0.05) is 5.16 Å². The molecular formula is C18H21N5O3S. The second-order valence-corrected chi connectivity index (χ2v) is 7.81. The molecule has 0 aromatic carbocycles. The first kappa shape index (κ1) is 18.8. The van der Waals surface area contributed by atoms with Crippen LogP contribution in [-0.2, 0) is 16.4 Å². The lowest BCUT2D eigenvalue weighted by Gasteiger charge is -2.19. The molecule has 0 saturated carbocycles. The predicted molar refractivity (Wildman–Crippen MR) is 102 cm³/mol. The van der Waals surface area contributed by atoms with E-state index >= 15 is 0 Å². The third kappa shape index (κ3) is 4.43. The molecule has 0 saturated heterocycles. The highest BCUT2D eigenvalue weighted by Gasteiger charge is 2.24. The molecule has 0 spiro atoms. The lowest BCUT2D eigenvalue weighted by Crippen LogP contribution is -2.21. The molecule has 3 aromatic rings. The average molecular weight is 387 g/mol. The fourth-order valence-electron chi connectivity index (χ4n) is 2.69. The topological polar surface area (TPSA) is 101 Å². The normalized spacial score (nSPS) is 11.4. The van der Waals surface area contributed by atoms with Crippen molar-refractivity contribution in [2.75, 3.05) is 23.2 Å². The SMILES string of the molecule is Cc1noc(C)c1S(=O)(=O)Nc1ccc(N(C)CCc2ccncc2)cn1. The molecule has 3 rings (SSSR count). The Morgan fingerprint density at radius 2 is 1.89 bits per heavy atom. The lowest BCUT2D eigenvalue weighted by molar-refractivity contribution is 0.390. The molecule has 142 valence electrons. The van der Waals surface area contributed by atoms with Crippen LogP contribution >= 0.6 is 0 Å². The van der Waals surface area contributed by atoms with Crippen molar-refractivity contribution in [2.45, 2.75) is 25.2 Å². The van der Waals surface area contributed by atoms with Gasteiger partial charge in [-0.3, -0.25) is 9.71 Å². The van der Waals surface area contributed by atoms with Crippen LogP contribution in [0.2, 0.25) is 0 Å². The van der Waals surface area contributed by atoms with Crippen LogP contribution in [0.3, 0.4) is 0 Å². The largest absolute Gasteiger partial charge is 0.373 e. The zero-order valence-electron chi connectivity index (χ0n) is 15.4. The third-order valence-electron chi connectivity index (χ3n) is 4.15. The summed E-state index contributed by atoms with van der Waals surface area (Å²) in [4.78, 5) is 10.3. The molecule has 3 aromatic heterocycles. The Morgan fingerprint density at radius 1 is 1.15 bits per heavy atom. The zero-order valence-corrected chi connectivity index (χ0v) is 16.2. The van der Waals surface area contributed by atoms with Gasteiger partial charge < -0.3 is 9.42 Å². The quantitative estimate of drug-likeness (QED) is 0.665. The predicted octanol–water partition coefficient (Wildman–Crippen LogP) is 2.56.